The van der Waals surface area contributed by atoms with Gasteiger partial charge in [0, 0.05) is 45.7 Å². The molecule has 3 aliphatic rings. The van der Waals surface area contributed by atoms with E-state index in [2.05, 4.69) is 50.3 Å². The number of urea groups is 1. The molecule has 2 saturated heterocycles. The third kappa shape index (κ3) is 12.4. The molecule has 0 unspecified atom stereocenters. The predicted octanol–water partition coefficient (Wildman–Crippen LogP) is 5.54. The number of carbonyl (C=O) groups excluding carboxylic acids is 3. The first kappa shape index (κ1) is 42.1. The SMILES string of the molecule is CCCCNC[C@@H](C[C@H](O)[C@H](CC1CCCCC1)NC(=O)[C@@H](CCCC)N1CCN(C(=O)N2CCN(C)CC2)[C@@H](Cc2ccccc2)C1=O)C(C)C. The lowest BCUT2D eigenvalue weighted by Crippen LogP contribution is -2.66. The van der Waals surface area contributed by atoms with Crippen molar-refractivity contribution in [2.24, 2.45) is 17.8 Å². The Morgan fingerprint density at radius 3 is 2.27 bits per heavy atom. The molecule has 4 rings (SSSR count). The third-order valence-electron chi connectivity index (χ3n) is 12.0. The summed E-state index contributed by atoms with van der Waals surface area (Å²) in [4.78, 5) is 50.8. The van der Waals surface area contributed by atoms with Crippen molar-refractivity contribution < 1.29 is 19.5 Å². The second kappa shape index (κ2) is 21.9. The fourth-order valence-corrected chi connectivity index (χ4v) is 8.41. The van der Waals surface area contributed by atoms with Crippen molar-refractivity contribution in [1.29, 1.82) is 0 Å². The number of nitrogens with one attached hydrogen (secondary N) is 2. The number of aliphatic hydroxyl groups excluding tert-OH is 1. The van der Waals surface area contributed by atoms with E-state index in [0.717, 1.165) is 76.7 Å². The second-order valence-corrected chi connectivity index (χ2v) is 16.4. The lowest BCUT2D eigenvalue weighted by molar-refractivity contribution is -0.149. The van der Waals surface area contributed by atoms with Crippen LogP contribution in [0.2, 0.25) is 0 Å². The van der Waals surface area contributed by atoms with E-state index in [4.69, 9.17) is 0 Å². The zero-order valence-corrected chi connectivity index (χ0v) is 33.2. The van der Waals surface area contributed by atoms with E-state index >= 15 is 0 Å². The van der Waals surface area contributed by atoms with Gasteiger partial charge in [0.25, 0.3) is 0 Å². The van der Waals surface area contributed by atoms with Gasteiger partial charge in [0.1, 0.15) is 12.1 Å². The fourth-order valence-electron chi connectivity index (χ4n) is 8.41. The molecule has 0 bridgehead atoms. The van der Waals surface area contributed by atoms with Gasteiger partial charge < -0.3 is 35.3 Å². The minimum Gasteiger partial charge on any atom is -0.391 e. The van der Waals surface area contributed by atoms with Crippen molar-refractivity contribution in [3.05, 3.63) is 35.9 Å². The lowest BCUT2D eigenvalue weighted by Gasteiger charge is -2.46. The van der Waals surface area contributed by atoms with Crippen LogP contribution in [0.3, 0.4) is 0 Å². The summed E-state index contributed by atoms with van der Waals surface area (Å²) in [6, 6.07) is 8.12. The number of benzene rings is 1. The van der Waals surface area contributed by atoms with Crippen LogP contribution in [-0.2, 0) is 16.0 Å². The highest BCUT2D eigenvalue weighted by Crippen LogP contribution is 2.30. The van der Waals surface area contributed by atoms with Crippen LogP contribution in [0.25, 0.3) is 0 Å². The van der Waals surface area contributed by atoms with Crippen LogP contribution in [-0.4, -0.2) is 126 Å². The molecule has 1 aliphatic carbocycles. The summed E-state index contributed by atoms with van der Waals surface area (Å²) in [5, 5.41) is 18.9. The Labute approximate surface area is 315 Å². The van der Waals surface area contributed by atoms with Crippen LogP contribution < -0.4 is 10.6 Å². The first-order valence-electron chi connectivity index (χ1n) is 20.9. The highest BCUT2D eigenvalue weighted by atomic mass is 16.3. The predicted molar refractivity (Wildman–Crippen MR) is 210 cm³/mol. The Balaban J connectivity index is 1.55. The smallest absolute Gasteiger partial charge is 0.320 e. The van der Waals surface area contributed by atoms with Gasteiger partial charge in [-0.25, -0.2) is 4.79 Å². The van der Waals surface area contributed by atoms with E-state index in [0.29, 0.717) is 63.2 Å². The molecule has 1 saturated carbocycles. The van der Waals surface area contributed by atoms with Crippen LogP contribution in [0.4, 0.5) is 4.79 Å². The molecule has 1 aromatic rings. The maximum Gasteiger partial charge on any atom is 0.320 e. The van der Waals surface area contributed by atoms with Crippen LogP contribution in [0.5, 0.6) is 0 Å². The van der Waals surface area contributed by atoms with Crippen LogP contribution >= 0.6 is 0 Å². The Morgan fingerprint density at radius 1 is 0.923 bits per heavy atom. The van der Waals surface area contributed by atoms with Crippen LogP contribution in [0.15, 0.2) is 30.3 Å². The average Bonchev–Trinajstić information content (AvgIpc) is 3.14. The maximum atomic E-state index is 14.7. The van der Waals surface area contributed by atoms with E-state index in [-0.39, 0.29) is 23.9 Å². The monoisotopic (exact) mass is 725 g/mol. The summed E-state index contributed by atoms with van der Waals surface area (Å²) in [6.07, 6.45) is 11.6. The van der Waals surface area contributed by atoms with Gasteiger partial charge in [0.15, 0.2) is 0 Å². The van der Waals surface area contributed by atoms with E-state index in [1.165, 1.54) is 19.3 Å². The van der Waals surface area contributed by atoms with Gasteiger partial charge in [0.05, 0.1) is 12.1 Å². The van der Waals surface area contributed by atoms with Crippen molar-refractivity contribution in [3.8, 4) is 0 Å². The quantitative estimate of drug-likeness (QED) is 0.162. The number of amides is 4. The average molecular weight is 725 g/mol. The zero-order valence-electron chi connectivity index (χ0n) is 33.2. The molecule has 1 aromatic carbocycles. The number of hydrogen-bond donors (Lipinski definition) is 3. The molecule has 0 radical (unpaired) electrons. The summed E-state index contributed by atoms with van der Waals surface area (Å²) >= 11 is 0. The van der Waals surface area contributed by atoms with Crippen molar-refractivity contribution in [2.75, 3.05) is 59.4 Å². The number of aliphatic hydroxyl groups is 1. The first-order valence-corrected chi connectivity index (χ1v) is 20.9. The van der Waals surface area contributed by atoms with E-state index in [1.807, 2.05) is 35.2 Å². The largest absolute Gasteiger partial charge is 0.391 e. The molecule has 52 heavy (non-hydrogen) atoms. The summed E-state index contributed by atoms with van der Waals surface area (Å²) in [5.41, 5.74) is 0.994. The van der Waals surface area contributed by atoms with Crippen LogP contribution in [0.1, 0.15) is 110 Å². The maximum absolute atomic E-state index is 14.7. The summed E-state index contributed by atoms with van der Waals surface area (Å²) in [5.74, 6) is 0.845. The fraction of sp³-hybridized carbons (Fsp3) is 0.786. The molecule has 2 heterocycles. The van der Waals surface area contributed by atoms with E-state index < -0.39 is 18.2 Å². The minimum absolute atomic E-state index is 0.0869. The van der Waals surface area contributed by atoms with Gasteiger partial charge in [-0.1, -0.05) is 109 Å². The molecule has 2 aliphatic heterocycles. The van der Waals surface area contributed by atoms with Gasteiger partial charge in [0.2, 0.25) is 11.8 Å². The van der Waals surface area contributed by atoms with E-state index in [9.17, 15) is 19.5 Å². The molecular weight excluding hydrogens is 652 g/mol. The highest BCUT2D eigenvalue weighted by Gasteiger charge is 2.44. The van der Waals surface area contributed by atoms with Crippen molar-refractivity contribution in [2.45, 2.75) is 135 Å². The Morgan fingerprint density at radius 2 is 1.62 bits per heavy atom. The molecule has 0 aromatic heterocycles. The highest BCUT2D eigenvalue weighted by molar-refractivity contribution is 5.93. The molecule has 3 fully saturated rings. The minimum atomic E-state index is -0.684. The van der Waals surface area contributed by atoms with Gasteiger partial charge in [-0.05, 0) is 69.1 Å². The normalized spacial score (nSPS) is 21.6. The summed E-state index contributed by atoms with van der Waals surface area (Å²) in [7, 11) is 2.07. The number of hydrogen-bond acceptors (Lipinski definition) is 6. The molecule has 10 heteroatoms. The van der Waals surface area contributed by atoms with Gasteiger partial charge in [-0.15, -0.1) is 0 Å². The topological polar surface area (TPSA) is 108 Å². The number of nitrogens with zero attached hydrogens (tertiary/aromatic N) is 4. The van der Waals surface area contributed by atoms with Crippen LogP contribution in [0, 0.1) is 17.8 Å². The summed E-state index contributed by atoms with van der Waals surface area (Å²) in [6.45, 7) is 14.2. The molecule has 294 valence electrons. The van der Waals surface area contributed by atoms with Gasteiger partial charge in [-0.3, -0.25) is 9.59 Å². The lowest BCUT2D eigenvalue weighted by atomic mass is 9.81. The van der Waals surface area contributed by atoms with Crippen molar-refractivity contribution in [3.63, 3.8) is 0 Å². The van der Waals surface area contributed by atoms with E-state index in [1.54, 1.807) is 9.80 Å². The molecule has 5 atom stereocenters. The van der Waals surface area contributed by atoms with Crippen molar-refractivity contribution >= 4 is 17.8 Å². The van der Waals surface area contributed by atoms with Gasteiger partial charge >= 0.3 is 6.03 Å². The molecule has 0 spiro atoms. The zero-order chi connectivity index (χ0) is 37.5. The first-order chi connectivity index (χ1) is 25.1. The van der Waals surface area contributed by atoms with Gasteiger partial charge in [-0.2, -0.15) is 0 Å². The number of carbonyl (C=O) groups is 3. The second-order valence-electron chi connectivity index (χ2n) is 16.4. The number of rotatable bonds is 19. The standard InChI is InChI=1S/C42H72N6O4/c1-6-8-20-37(40(50)44-36(28-33-16-12-10-13-17-33)39(49)30-35(32(3)4)31-43-21-9-7-2)47-26-27-48(42(52)46-24-22-45(5)23-25-46)38(41(47)51)29-34-18-14-11-15-19-34/h11,14-15,18-19,32-33,35-39,43,49H,6-10,12-13,16-17,20-31H2,1-5H3,(H,44,50)/t35-,36+,37-,38+,39+/m1/s1. The number of unbranched alkanes of at least 4 members (excludes halogenated alkanes) is 2. The number of likely N-dealkylation sites (N-methyl/N-ethyl adjacent to an activating group) is 1. The number of piperazine rings is 2. The third-order valence-corrected chi connectivity index (χ3v) is 12.0. The molecule has 3 N–H and O–H groups in total. The summed E-state index contributed by atoms with van der Waals surface area (Å²) < 4.78 is 0. The molecule has 4 amide bonds. The molecular formula is C42H72N6O4. The van der Waals surface area contributed by atoms with Crippen molar-refractivity contribution in [1.82, 2.24) is 30.2 Å². The molecule has 10 nitrogen and oxygen atoms in total. The Kier molecular flexibility index (Phi) is 17.7. The Bertz CT molecular complexity index is 1200. The Hall–Kier alpha value is -2.69.